The molecule has 1 aromatic rings. The van der Waals surface area contributed by atoms with E-state index in [1.54, 1.807) is 0 Å². The number of aliphatic hydroxyl groups excluding tert-OH is 2. The molecule has 0 aromatic heterocycles. The largest absolute Gasteiger partial charge is 0.394 e. The van der Waals surface area contributed by atoms with Gasteiger partial charge in [0.2, 0.25) is 11.8 Å². The van der Waals surface area contributed by atoms with Crippen molar-refractivity contribution in [1.82, 2.24) is 10.6 Å². The van der Waals surface area contributed by atoms with Gasteiger partial charge in [-0.15, -0.1) is 0 Å². The van der Waals surface area contributed by atoms with Crippen LogP contribution >= 0.6 is 0 Å². The zero-order valence-corrected chi connectivity index (χ0v) is 12.7. The highest BCUT2D eigenvalue weighted by molar-refractivity contribution is 6.03. The van der Waals surface area contributed by atoms with Crippen LogP contribution in [-0.4, -0.2) is 53.9 Å². The molecule has 0 radical (unpaired) electrons. The van der Waals surface area contributed by atoms with Gasteiger partial charge in [0.1, 0.15) is 11.5 Å². The van der Waals surface area contributed by atoms with Gasteiger partial charge in [-0.05, 0) is 24.5 Å². The number of hydrogen-bond donors (Lipinski definition) is 5. The molecule has 1 spiro atoms. The number of para-hydroxylation sites is 1. The van der Waals surface area contributed by atoms with E-state index in [1.807, 2.05) is 24.3 Å². The molecule has 2 heterocycles. The number of carbonyl (C=O) groups is 2. The van der Waals surface area contributed by atoms with Gasteiger partial charge < -0.3 is 26.2 Å². The molecule has 3 atom stereocenters. The Hall–Kier alpha value is -2.12. The fraction of sp³-hybridized carbons (Fsp3) is 0.500. The minimum atomic E-state index is -0.879. The van der Waals surface area contributed by atoms with Gasteiger partial charge in [0.15, 0.2) is 0 Å². The highest BCUT2D eigenvalue weighted by Gasteiger charge is 2.57. The molecule has 1 fully saturated rings. The third-order valence-electron chi connectivity index (χ3n) is 4.66. The van der Waals surface area contributed by atoms with Gasteiger partial charge >= 0.3 is 0 Å². The van der Waals surface area contributed by atoms with Gasteiger partial charge in [-0.25, -0.2) is 0 Å². The molecular weight excluding hydrogens is 298 g/mol. The predicted octanol–water partition coefficient (Wildman–Crippen LogP) is -0.902. The molecule has 2 amide bonds. The summed E-state index contributed by atoms with van der Waals surface area (Å²) in [6.45, 7) is 0.448. The molecule has 0 saturated carbocycles. The van der Waals surface area contributed by atoms with Crippen LogP contribution < -0.4 is 16.0 Å². The van der Waals surface area contributed by atoms with Gasteiger partial charge in [0.05, 0.1) is 12.7 Å². The number of rotatable bonds is 5. The van der Waals surface area contributed by atoms with Crippen molar-refractivity contribution in [1.29, 1.82) is 0 Å². The smallest absolute Gasteiger partial charge is 0.243 e. The molecule has 7 nitrogen and oxygen atoms in total. The molecule has 2 unspecified atom stereocenters. The Morgan fingerprint density at radius 1 is 1.43 bits per heavy atom. The quantitative estimate of drug-likeness (QED) is 0.483. The fourth-order valence-electron chi connectivity index (χ4n) is 3.45. The average Bonchev–Trinajstić information content (AvgIpc) is 3.10. The molecular formula is C16H21N3O4. The number of carbonyl (C=O) groups excluding carboxylic acids is 2. The summed E-state index contributed by atoms with van der Waals surface area (Å²) < 4.78 is 0. The summed E-state index contributed by atoms with van der Waals surface area (Å²) in [7, 11) is 0. The van der Waals surface area contributed by atoms with Crippen LogP contribution in [0.4, 0.5) is 5.69 Å². The maximum atomic E-state index is 12.6. The average molecular weight is 319 g/mol. The number of benzene rings is 1. The van der Waals surface area contributed by atoms with E-state index >= 15 is 0 Å². The van der Waals surface area contributed by atoms with Crippen LogP contribution in [0.15, 0.2) is 24.3 Å². The van der Waals surface area contributed by atoms with E-state index in [2.05, 4.69) is 16.0 Å². The van der Waals surface area contributed by atoms with Crippen molar-refractivity contribution in [2.45, 2.75) is 30.4 Å². The van der Waals surface area contributed by atoms with Crippen molar-refractivity contribution in [2.75, 3.05) is 25.0 Å². The second-order valence-electron chi connectivity index (χ2n) is 6.02. The first-order valence-electron chi connectivity index (χ1n) is 7.80. The summed E-state index contributed by atoms with van der Waals surface area (Å²) in [6, 6.07) is 6.81. The van der Waals surface area contributed by atoms with Gasteiger partial charge in [-0.2, -0.15) is 0 Å². The summed E-state index contributed by atoms with van der Waals surface area (Å²) in [5, 5.41) is 26.9. The lowest BCUT2D eigenvalue weighted by molar-refractivity contribution is -0.130. The van der Waals surface area contributed by atoms with E-state index in [9.17, 15) is 14.7 Å². The summed E-state index contributed by atoms with van der Waals surface area (Å²) in [4.78, 5) is 25.1. The minimum absolute atomic E-state index is 0.134. The molecule has 23 heavy (non-hydrogen) atoms. The van der Waals surface area contributed by atoms with E-state index in [0.717, 1.165) is 11.3 Å². The second kappa shape index (κ2) is 6.17. The van der Waals surface area contributed by atoms with Crippen molar-refractivity contribution < 1.29 is 19.8 Å². The fourth-order valence-corrected chi connectivity index (χ4v) is 3.45. The Morgan fingerprint density at radius 3 is 2.91 bits per heavy atom. The number of anilines is 1. The Morgan fingerprint density at radius 2 is 2.22 bits per heavy atom. The summed E-state index contributed by atoms with van der Waals surface area (Å²) in [5.74, 6) is -0.408. The zero-order chi connectivity index (χ0) is 16.4. The molecule has 1 aromatic carbocycles. The van der Waals surface area contributed by atoms with Crippen LogP contribution in [-0.2, 0) is 15.0 Å². The van der Waals surface area contributed by atoms with Crippen LogP contribution in [0.25, 0.3) is 0 Å². The normalized spacial score (nSPS) is 26.5. The molecule has 0 aliphatic carbocycles. The highest BCUT2D eigenvalue weighted by atomic mass is 16.3. The lowest BCUT2D eigenvalue weighted by atomic mass is 9.75. The topological polar surface area (TPSA) is 111 Å². The molecule has 0 bridgehead atoms. The molecule has 1 saturated heterocycles. The second-order valence-corrected chi connectivity index (χ2v) is 6.02. The van der Waals surface area contributed by atoms with Crippen molar-refractivity contribution >= 4 is 17.5 Å². The monoisotopic (exact) mass is 319 g/mol. The Labute approximate surface area is 134 Å². The van der Waals surface area contributed by atoms with Crippen molar-refractivity contribution in [2.24, 2.45) is 0 Å². The lowest BCUT2D eigenvalue weighted by Crippen LogP contribution is -2.53. The van der Waals surface area contributed by atoms with E-state index in [-0.39, 0.29) is 31.4 Å². The SMILES string of the molecule is O=C(NCC[C@H](O)CO)C1Nc2ccccc2C12CCNC2=O. The predicted molar refractivity (Wildman–Crippen MR) is 83.9 cm³/mol. The number of nitrogens with one attached hydrogen (secondary N) is 3. The van der Waals surface area contributed by atoms with Crippen LogP contribution in [0.1, 0.15) is 18.4 Å². The van der Waals surface area contributed by atoms with Crippen LogP contribution in [0.2, 0.25) is 0 Å². The van der Waals surface area contributed by atoms with Gasteiger partial charge in [0.25, 0.3) is 0 Å². The summed E-state index contributed by atoms with van der Waals surface area (Å²) in [5.41, 5.74) is 0.779. The maximum absolute atomic E-state index is 12.6. The Kier molecular flexibility index (Phi) is 4.23. The van der Waals surface area contributed by atoms with Crippen molar-refractivity contribution in [3.05, 3.63) is 29.8 Å². The summed E-state index contributed by atoms with van der Waals surface area (Å²) in [6.07, 6.45) is -0.0262. The first kappa shape index (κ1) is 15.8. The first-order valence-corrected chi connectivity index (χ1v) is 7.80. The van der Waals surface area contributed by atoms with Crippen molar-refractivity contribution in [3.63, 3.8) is 0 Å². The number of hydrogen-bond acceptors (Lipinski definition) is 5. The number of amides is 2. The van der Waals surface area contributed by atoms with Crippen LogP contribution in [0, 0.1) is 0 Å². The van der Waals surface area contributed by atoms with E-state index in [1.165, 1.54) is 0 Å². The van der Waals surface area contributed by atoms with Crippen LogP contribution in [0.5, 0.6) is 0 Å². The molecule has 2 aliphatic heterocycles. The molecule has 5 N–H and O–H groups in total. The van der Waals surface area contributed by atoms with Gasteiger partial charge in [-0.1, -0.05) is 18.2 Å². The molecule has 2 aliphatic rings. The Balaban J connectivity index is 1.79. The van der Waals surface area contributed by atoms with E-state index in [4.69, 9.17) is 5.11 Å². The highest BCUT2D eigenvalue weighted by Crippen LogP contribution is 2.45. The number of aliphatic hydroxyl groups is 2. The number of fused-ring (bicyclic) bond motifs is 2. The standard InChI is InChI=1S/C16H21N3O4/c20-9-10(21)5-7-17-14(22)13-16(6-8-18-15(16)23)11-3-1-2-4-12(11)19-13/h1-4,10,13,19-21H,5-9H2,(H,17,22)(H,18,23)/t10-,13?,16?/m0/s1. The van der Waals surface area contributed by atoms with E-state index < -0.39 is 17.6 Å². The van der Waals surface area contributed by atoms with Crippen molar-refractivity contribution in [3.8, 4) is 0 Å². The maximum Gasteiger partial charge on any atom is 0.243 e. The first-order chi connectivity index (χ1) is 11.1. The molecule has 7 heteroatoms. The molecule has 124 valence electrons. The van der Waals surface area contributed by atoms with E-state index in [0.29, 0.717) is 13.0 Å². The minimum Gasteiger partial charge on any atom is -0.394 e. The third-order valence-corrected chi connectivity index (χ3v) is 4.66. The zero-order valence-electron chi connectivity index (χ0n) is 12.7. The molecule has 3 rings (SSSR count). The summed E-state index contributed by atoms with van der Waals surface area (Å²) >= 11 is 0. The Bertz CT molecular complexity index is 621. The lowest BCUT2D eigenvalue weighted by Gasteiger charge is -2.28. The third kappa shape index (κ3) is 2.55. The van der Waals surface area contributed by atoms with Gasteiger partial charge in [-0.3, -0.25) is 9.59 Å². The van der Waals surface area contributed by atoms with Crippen LogP contribution in [0.3, 0.4) is 0 Å². The van der Waals surface area contributed by atoms with Gasteiger partial charge in [0, 0.05) is 18.8 Å².